The minimum Gasteiger partial charge on any atom is -0.267 e. The summed E-state index contributed by atoms with van der Waals surface area (Å²) < 4.78 is 12.7. The first-order chi connectivity index (χ1) is 8.66. The van der Waals surface area contributed by atoms with Gasteiger partial charge in [0.15, 0.2) is 0 Å². The van der Waals surface area contributed by atoms with E-state index in [-0.39, 0.29) is 11.7 Å². The van der Waals surface area contributed by atoms with Gasteiger partial charge in [0.25, 0.3) is 5.91 Å². The van der Waals surface area contributed by atoms with E-state index in [4.69, 9.17) is 0 Å². The lowest BCUT2D eigenvalue weighted by molar-refractivity contribution is 0.0954. The quantitative estimate of drug-likeness (QED) is 0.803. The second-order valence-corrected chi connectivity index (χ2v) is 4.70. The third kappa shape index (κ3) is 3.15. The first-order valence-electron chi connectivity index (χ1n) is 6.29. The lowest BCUT2D eigenvalue weighted by atomic mass is 9.89. The molecular weight excluding hydrogens is 231 g/mol. The Morgan fingerprint density at radius 2 is 2.06 bits per heavy atom. The number of amides is 1. The van der Waals surface area contributed by atoms with Crippen LogP contribution in [0.5, 0.6) is 0 Å². The van der Waals surface area contributed by atoms with Crippen LogP contribution in [0.3, 0.4) is 0 Å². The zero-order chi connectivity index (χ0) is 13.0. The average Bonchev–Trinajstić information content (AvgIpc) is 2.38. The van der Waals surface area contributed by atoms with Crippen molar-refractivity contribution in [1.82, 2.24) is 5.43 Å². The van der Waals surface area contributed by atoms with Crippen LogP contribution in [0.25, 0.3) is 0 Å². The number of halogens is 1. The molecule has 18 heavy (non-hydrogen) atoms. The maximum atomic E-state index is 12.7. The highest BCUT2D eigenvalue weighted by Crippen LogP contribution is 2.20. The fourth-order valence-electron chi connectivity index (χ4n) is 2.12. The van der Waals surface area contributed by atoms with Gasteiger partial charge in [0, 0.05) is 11.3 Å². The fraction of sp³-hybridized carbons (Fsp3) is 0.429. The van der Waals surface area contributed by atoms with E-state index in [9.17, 15) is 9.18 Å². The predicted molar refractivity (Wildman–Crippen MR) is 68.9 cm³/mol. The molecule has 1 fully saturated rings. The van der Waals surface area contributed by atoms with Crippen molar-refractivity contribution in [3.8, 4) is 0 Å². The molecule has 0 radical (unpaired) electrons. The zero-order valence-electron chi connectivity index (χ0n) is 10.4. The molecule has 1 aromatic rings. The smallest absolute Gasteiger partial charge is 0.267 e. The van der Waals surface area contributed by atoms with Gasteiger partial charge in [0.2, 0.25) is 0 Å². The minimum absolute atomic E-state index is 0.291. The Morgan fingerprint density at radius 1 is 1.33 bits per heavy atom. The summed E-state index contributed by atoms with van der Waals surface area (Å²) in [7, 11) is 0. The molecule has 96 valence electrons. The summed E-state index contributed by atoms with van der Waals surface area (Å²) >= 11 is 0. The second kappa shape index (κ2) is 5.76. The van der Waals surface area contributed by atoms with Crippen LogP contribution in [0.4, 0.5) is 4.39 Å². The molecule has 3 nitrogen and oxygen atoms in total. The molecule has 0 unspecified atom stereocenters. The van der Waals surface area contributed by atoms with E-state index >= 15 is 0 Å². The fourth-order valence-corrected chi connectivity index (χ4v) is 2.12. The number of hydrazone groups is 1. The summed E-state index contributed by atoms with van der Waals surface area (Å²) in [6.07, 6.45) is 4.44. The monoisotopic (exact) mass is 248 g/mol. The molecular formula is C14H17FN2O. The van der Waals surface area contributed by atoms with E-state index in [0.717, 1.165) is 25.0 Å². The molecule has 0 spiro atoms. The molecule has 0 aliphatic heterocycles. The third-order valence-corrected chi connectivity index (χ3v) is 3.30. The van der Waals surface area contributed by atoms with Crippen molar-refractivity contribution in [2.45, 2.75) is 32.6 Å². The van der Waals surface area contributed by atoms with Crippen LogP contribution in [-0.2, 0) is 0 Å². The maximum Gasteiger partial charge on any atom is 0.271 e. The Bertz CT molecular complexity index is 453. The highest BCUT2D eigenvalue weighted by atomic mass is 19.1. The molecule has 0 bridgehead atoms. The Morgan fingerprint density at radius 3 is 2.72 bits per heavy atom. The van der Waals surface area contributed by atoms with Gasteiger partial charge >= 0.3 is 0 Å². The van der Waals surface area contributed by atoms with Crippen molar-refractivity contribution in [3.05, 3.63) is 35.6 Å². The highest BCUT2D eigenvalue weighted by molar-refractivity contribution is 5.95. The lowest BCUT2D eigenvalue weighted by Gasteiger charge is -2.19. The molecule has 1 atom stereocenters. The summed E-state index contributed by atoms with van der Waals surface area (Å²) in [5.41, 5.74) is 4.02. The number of rotatable bonds is 2. The number of benzene rings is 1. The minimum atomic E-state index is -0.348. The van der Waals surface area contributed by atoms with Crippen LogP contribution < -0.4 is 5.43 Å². The topological polar surface area (TPSA) is 41.5 Å². The van der Waals surface area contributed by atoms with E-state index in [1.807, 2.05) is 0 Å². The van der Waals surface area contributed by atoms with Gasteiger partial charge in [-0.05, 0) is 49.4 Å². The molecule has 1 aliphatic carbocycles. The van der Waals surface area contributed by atoms with Crippen molar-refractivity contribution in [2.75, 3.05) is 0 Å². The Hall–Kier alpha value is -1.71. The van der Waals surface area contributed by atoms with E-state index in [1.165, 1.54) is 30.7 Å². The third-order valence-electron chi connectivity index (χ3n) is 3.30. The van der Waals surface area contributed by atoms with Crippen LogP contribution in [0, 0.1) is 11.7 Å². The Balaban J connectivity index is 1.99. The van der Waals surface area contributed by atoms with Gasteiger partial charge in [-0.25, -0.2) is 9.82 Å². The Labute approximate surface area is 106 Å². The van der Waals surface area contributed by atoms with Gasteiger partial charge in [-0.1, -0.05) is 13.3 Å². The molecule has 1 N–H and O–H groups in total. The molecule has 0 aromatic heterocycles. The molecule has 1 aliphatic rings. The summed E-state index contributed by atoms with van der Waals surface area (Å²) in [6, 6.07) is 5.45. The summed E-state index contributed by atoms with van der Waals surface area (Å²) in [4.78, 5) is 11.8. The van der Waals surface area contributed by atoms with Crippen LogP contribution in [0.2, 0.25) is 0 Å². The van der Waals surface area contributed by atoms with Crippen LogP contribution >= 0.6 is 0 Å². The zero-order valence-corrected chi connectivity index (χ0v) is 10.4. The molecule has 1 aromatic carbocycles. The van der Waals surface area contributed by atoms with Crippen molar-refractivity contribution in [3.63, 3.8) is 0 Å². The van der Waals surface area contributed by atoms with Crippen LogP contribution in [0.1, 0.15) is 43.0 Å². The van der Waals surface area contributed by atoms with E-state index in [1.54, 1.807) is 0 Å². The van der Waals surface area contributed by atoms with E-state index in [0.29, 0.717) is 11.5 Å². The SMILES string of the molecule is C[C@H]1CCCC/C1=N/NC(=O)c1ccc(F)cc1. The van der Waals surface area contributed by atoms with Gasteiger partial charge in [-0.2, -0.15) is 5.10 Å². The molecule has 0 saturated heterocycles. The van der Waals surface area contributed by atoms with Crippen LogP contribution in [0.15, 0.2) is 29.4 Å². The van der Waals surface area contributed by atoms with Crippen LogP contribution in [-0.4, -0.2) is 11.6 Å². The standard InChI is InChI=1S/C14H17FN2O/c1-10-4-2-3-5-13(10)16-17-14(18)11-6-8-12(15)9-7-11/h6-10H,2-5H2,1H3,(H,17,18)/b16-13-/t10-/m0/s1. The van der Waals surface area contributed by atoms with Gasteiger partial charge in [-0.15, -0.1) is 0 Å². The second-order valence-electron chi connectivity index (χ2n) is 4.70. The van der Waals surface area contributed by atoms with Gasteiger partial charge in [0.05, 0.1) is 0 Å². The van der Waals surface area contributed by atoms with E-state index in [2.05, 4.69) is 17.5 Å². The number of carbonyl (C=O) groups is 1. The lowest BCUT2D eigenvalue weighted by Crippen LogP contribution is -2.24. The summed E-state index contributed by atoms with van der Waals surface area (Å²) in [5, 5.41) is 4.19. The van der Waals surface area contributed by atoms with Crippen molar-refractivity contribution in [1.29, 1.82) is 0 Å². The van der Waals surface area contributed by atoms with Gasteiger partial charge in [0.1, 0.15) is 5.82 Å². The normalized spacial score (nSPS) is 21.9. The Kier molecular flexibility index (Phi) is 4.07. The van der Waals surface area contributed by atoms with Crippen molar-refractivity contribution in [2.24, 2.45) is 11.0 Å². The van der Waals surface area contributed by atoms with Gasteiger partial charge < -0.3 is 0 Å². The van der Waals surface area contributed by atoms with Gasteiger partial charge in [-0.3, -0.25) is 4.79 Å². The van der Waals surface area contributed by atoms with E-state index < -0.39 is 0 Å². The molecule has 1 saturated carbocycles. The predicted octanol–water partition coefficient (Wildman–Crippen LogP) is 3.12. The summed E-state index contributed by atoms with van der Waals surface area (Å²) in [5.74, 6) is -0.202. The molecule has 4 heteroatoms. The number of nitrogens with one attached hydrogen (secondary N) is 1. The number of nitrogens with zero attached hydrogens (tertiary/aromatic N) is 1. The number of hydrogen-bond donors (Lipinski definition) is 1. The first-order valence-corrected chi connectivity index (χ1v) is 6.29. The number of carbonyl (C=O) groups excluding carboxylic acids is 1. The van der Waals surface area contributed by atoms with Crippen molar-refractivity contribution >= 4 is 11.6 Å². The first kappa shape index (κ1) is 12.7. The molecule has 2 rings (SSSR count). The molecule has 0 heterocycles. The maximum absolute atomic E-state index is 12.7. The number of hydrogen-bond acceptors (Lipinski definition) is 2. The summed E-state index contributed by atoms with van der Waals surface area (Å²) in [6.45, 7) is 2.13. The van der Waals surface area contributed by atoms with Crippen molar-refractivity contribution < 1.29 is 9.18 Å². The molecule has 1 amide bonds. The largest absolute Gasteiger partial charge is 0.271 e. The average molecular weight is 248 g/mol. The highest BCUT2D eigenvalue weighted by Gasteiger charge is 2.16.